The maximum atomic E-state index is 12.7. The summed E-state index contributed by atoms with van der Waals surface area (Å²) in [5.41, 5.74) is 1.11. The topological polar surface area (TPSA) is 111 Å². The van der Waals surface area contributed by atoms with Gasteiger partial charge in [-0.25, -0.2) is 9.59 Å². The van der Waals surface area contributed by atoms with Crippen LogP contribution in [0.25, 0.3) is 11.1 Å². The van der Waals surface area contributed by atoms with E-state index in [1.165, 1.54) is 18.3 Å². The molecule has 1 unspecified atom stereocenters. The van der Waals surface area contributed by atoms with Gasteiger partial charge in [-0.2, -0.15) is 0 Å². The number of carbonyl (C=O) groups is 4. The van der Waals surface area contributed by atoms with Gasteiger partial charge in [-0.15, -0.1) is 11.3 Å². The third-order valence-electron chi connectivity index (χ3n) is 4.61. The Balaban J connectivity index is 2.13. The average molecular weight is 475 g/mol. The molecule has 0 saturated carbocycles. The van der Waals surface area contributed by atoms with Crippen molar-refractivity contribution >= 4 is 40.1 Å². The zero-order valence-electron chi connectivity index (χ0n) is 19.7. The van der Waals surface area contributed by atoms with Crippen LogP contribution in [0.3, 0.4) is 0 Å². The van der Waals surface area contributed by atoms with Gasteiger partial charge in [0.05, 0.1) is 6.61 Å². The van der Waals surface area contributed by atoms with E-state index in [4.69, 9.17) is 9.47 Å². The second-order valence-corrected chi connectivity index (χ2v) is 9.65. The van der Waals surface area contributed by atoms with Crippen molar-refractivity contribution < 1.29 is 28.7 Å². The molecule has 2 N–H and O–H groups in total. The number of amides is 2. The van der Waals surface area contributed by atoms with Crippen molar-refractivity contribution in [2.75, 3.05) is 18.5 Å². The van der Waals surface area contributed by atoms with Crippen molar-refractivity contribution in [1.29, 1.82) is 0 Å². The van der Waals surface area contributed by atoms with Crippen LogP contribution in [-0.2, 0) is 23.9 Å². The van der Waals surface area contributed by atoms with Gasteiger partial charge in [-0.1, -0.05) is 51.1 Å². The van der Waals surface area contributed by atoms with Crippen molar-refractivity contribution in [2.24, 2.45) is 5.41 Å². The summed E-state index contributed by atoms with van der Waals surface area (Å²) >= 11 is 1.24. The third kappa shape index (κ3) is 6.89. The van der Waals surface area contributed by atoms with Gasteiger partial charge in [-0.3, -0.25) is 9.59 Å². The molecule has 1 heterocycles. The minimum atomic E-state index is -0.909. The van der Waals surface area contributed by atoms with Gasteiger partial charge >= 0.3 is 11.9 Å². The Hall–Kier alpha value is -3.20. The molecular weight excluding hydrogens is 444 g/mol. The summed E-state index contributed by atoms with van der Waals surface area (Å²) in [5.74, 6) is -2.20. The fraction of sp³-hybridized carbons (Fsp3) is 0.417. The first-order valence-electron chi connectivity index (χ1n) is 10.6. The van der Waals surface area contributed by atoms with Crippen LogP contribution < -0.4 is 10.6 Å². The second-order valence-electron chi connectivity index (χ2n) is 8.42. The summed E-state index contributed by atoms with van der Waals surface area (Å²) < 4.78 is 10.3. The first-order chi connectivity index (χ1) is 15.5. The molecule has 178 valence electrons. The van der Waals surface area contributed by atoms with Crippen LogP contribution in [0.2, 0.25) is 0 Å². The number of esters is 2. The standard InChI is InChI=1S/C24H30N2O6S/c1-7-31-22(29)19-18(16-11-9-8-10-12-16)15(3)33-20(19)26-17(27)13-32-21(28)14(2)25-23(30)24(4,5)6/h8-12,14H,7,13H2,1-6H3,(H,25,30)(H,26,27). The number of ether oxygens (including phenoxy) is 2. The molecule has 2 rings (SSSR count). The summed E-state index contributed by atoms with van der Waals surface area (Å²) in [6.45, 7) is 9.84. The van der Waals surface area contributed by atoms with Crippen LogP contribution in [0.5, 0.6) is 0 Å². The zero-order chi connectivity index (χ0) is 24.8. The van der Waals surface area contributed by atoms with Gasteiger partial charge in [0.15, 0.2) is 6.61 Å². The number of aryl methyl sites for hydroxylation is 1. The molecule has 2 amide bonds. The fourth-order valence-corrected chi connectivity index (χ4v) is 3.96. The summed E-state index contributed by atoms with van der Waals surface area (Å²) in [6, 6.07) is 8.43. The van der Waals surface area contributed by atoms with Crippen molar-refractivity contribution in [3.8, 4) is 11.1 Å². The Bertz CT molecular complexity index is 1020. The largest absolute Gasteiger partial charge is 0.462 e. The lowest BCUT2D eigenvalue weighted by Crippen LogP contribution is -2.45. The molecule has 1 aromatic heterocycles. The molecular formula is C24H30N2O6S. The van der Waals surface area contributed by atoms with E-state index >= 15 is 0 Å². The Morgan fingerprint density at radius 1 is 1.06 bits per heavy atom. The van der Waals surface area contributed by atoms with Crippen LogP contribution in [0.15, 0.2) is 30.3 Å². The predicted molar refractivity (Wildman–Crippen MR) is 127 cm³/mol. The van der Waals surface area contributed by atoms with Crippen LogP contribution in [0, 0.1) is 12.3 Å². The maximum Gasteiger partial charge on any atom is 0.341 e. The van der Waals surface area contributed by atoms with Crippen LogP contribution >= 0.6 is 11.3 Å². The SMILES string of the molecule is CCOC(=O)c1c(NC(=O)COC(=O)C(C)NC(=O)C(C)(C)C)sc(C)c1-c1ccccc1. The van der Waals surface area contributed by atoms with Gasteiger partial charge in [0.2, 0.25) is 5.91 Å². The lowest BCUT2D eigenvalue weighted by molar-refractivity contribution is -0.150. The Kier molecular flexibility index (Phi) is 8.76. The van der Waals surface area contributed by atoms with Gasteiger partial charge in [0.1, 0.15) is 16.6 Å². The first kappa shape index (κ1) is 26.1. The molecule has 0 aliphatic carbocycles. The minimum absolute atomic E-state index is 0.186. The smallest absolute Gasteiger partial charge is 0.341 e. The molecule has 0 aliphatic heterocycles. The quantitative estimate of drug-likeness (QED) is 0.561. The van der Waals surface area contributed by atoms with E-state index in [0.717, 1.165) is 10.4 Å². The zero-order valence-corrected chi connectivity index (χ0v) is 20.6. The van der Waals surface area contributed by atoms with E-state index in [1.54, 1.807) is 27.7 Å². The highest BCUT2D eigenvalue weighted by molar-refractivity contribution is 7.17. The van der Waals surface area contributed by atoms with E-state index in [1.807, 2.05) is 37.3 Å². The van der Waals surface area contributed by atoms with Gasteiger partial charge < -0.3 is 20.1 Å². The highest BCUT2D eigenvalue weighted by Gasteiger charge is 2.27. The van der Waals surface area contributed by atoms with E-state index in [9.17, 15) is 19.2 Å². The minimum Gasteiger partial charge on any atom is -0.462 e. The number of hydrogen-bond acceptors (Lipinski definition) is 7. The highest BCUT2D eigenvalue weighted by atomic mass is 32.1. The number of carbonyl (C=O) groups excluding carboxylic acids is 4. The lowest BCUT2D eigenvalue weighted by atomic mass is 9.95. The van der Waals surface area contributed by atoms with E-state index < -0.39 is 35.9 Å². The number of nitrogens with one attached hydrogen (secondary N) is 2. The Labute approximate surface area is 197 Å². The molecule has 0 radical (unpaired) electrons. The van der Waals surface area contributed by atoms with Gasteiger partial charge in [0.25, 0.3) is 5.91 Å². The third-order valence-corrected chi connectivity index (χ3v) is 5.63. The molecule has 0 spiro atoms. The molecule has 0 aliphatic rings. The molecule has 33 heavy (non-hydrogen) atoms. The lowest BCUT2D eigenvalue weighted by Gasteiger charge is -2.20. The fourth-order valence-electron chi connectivity index (χ4n) is 2.88. The number of thiophene rings is 1. The molecule has 9 heteroatoms. The Morgan fingerprint density at radius 3 is 2.27 bits per heavy atom. The van der Waals surface area contributed by atoms with E-state index in [2.05, 4.69) is 10.6 Å². The highest BCUT2D eigenvalue weighted by Crippen LogP contribution is 2.40. The number of rotatable bonds is 8. The van der Waals surface area contributed by atoms with Crippen molar-refractivity contribution in [3.05, 3.63) is 40.8 Å². The molecule has 0 saturated heterocycles. The molecule has 0 fully saturated rings. The van der Waals surface area contributed by atoms with Gasteiger partial charge in [-0.05, 0) is 26.3 Å². The summed E-state index contributed by atoms with van der Waals surface area (Å²) in [4.78, 5) is 50.2. The van der Waals surface area contributed by atoms with E-state index in [-0.39, 0.29) is 18.1 Å². The van der Waals surface area contributed by atoms with Crippen LogP contribution in [-0.4, -0.2) is 43.0 Å². The summed E-state index contributed by atoms with van der Waals surface area (Å²) in [6.07, 6.45) is 0. The maximum absolute atomic E-state index is 12.7. The Morgan fingerprint density at radius 2 is 1.70 bits per heavy atom. The molecule has 2 aromatic rings. The summed E-state index contributed by atoms with van der Waals surface area (Å²) in [7, 11) is 0. The number of hydrogen-bond donors (Lipinski definition) is 2. The number of anilines is 1. The van der Waals surface area contributed by atoms with Gasteiger partial charge in [0, 0.05) is 15.9 Å². The average Bonchev–Trinajstić information content (AvgIpc) is 3.07. The van der Waals surface area contributed by atoms with E-state index in [0.29, 0.717) is 10.6 Å². The normalized spacial score (nSPS) is 11.9. The van der Waals surface area contributed by atoms with Crippen molar-refractivity contribution in [3.63, 3.8) is 0 Å². The first-order valence-corrected chi connectivity index (χ1v) is 11.4. The molecule has 1 aromatic carbocycles. The monoisotopic (exact) mass is 474 g/mol. The molecule has 1 atom stereocenters. The van der Waals surface area contributed by atoms with Crippen LogP contribution in [0.1, 0.15) is 49.9 Å². The summed E-state index contributed by atoms with van der Waals surface area (Å²) in [5, 5.41) is 5.53. The van der Waals surface area contributed by atoms with Crippen molar-refractivity contribution in [1.82, 2.24) is 5.32 Å². The molecule has 0 bridgehead atoms. The predicted octanol–water partition coefficient (Wildman–Crippen LogP) is 3.93. The molecule has 8 nitrogen and oxygen atoms in total. The second kappa shape index (κ2) is 11.1. The van der Waals surface area contributed by atoms with Crippen LogP contribution in [0.4, 0.5) is 5.00 Å². The van der Waals surface area contributed by atoms with Crippen molar-refractivity contribution in [2.45, 2.75) is 47.6 Å². The number of benzene rings is 1.